The van der Waals surface area contributed by atoms with E-state index in [0.29, 0.717) is 29.0 Å². The molecule has 0 aromatic heterocycles. The number of alkyl halides is 1. The van der Waals surface area contributed by atoms with Crippen LogP contribution in [0.1, 0.15) is 11.1 Å². The van der Waals surface area contributed by atoms with Crippen molar-refractivity contribution in [3.05, 3.63) is 23.3 Å². The van der Waals surface area contributed by atoms with Crippen LogP contribution in [0.25, 0.3) is 0 Å². The predicted molar refractivity (Wildman–Crippen MR) is 70.3 cm³/mol. The first-order valence-electron chi connectivity index (χ1n) is 6.32. The van der Waals surface area contributed by atoms with Crippen molar-refractivity contribution < 1.29 is 18.7 Å². The Bertz CT molecular complexity index is 590. The van der Waals surface area contributed by atoms with Gasteiger partial charge in [-0.15, -0.1) is 0 Å². The average molecular weight is 279 g/mol. The number of hydrogen-bond donors (Lipinski definition) is 2. The minimum atomic E-state index is -0.709. The Morgan fingerprint density at radius 2 is 2.25 bits per heavy atom. The molecule has 1 saturated heterocycles. The second-order valence-electron chi connectivity index (χ2n) is 4.85. The lowest BCUT2D eigenvalue weighted by Crippen LogP contribution is -2.27. The van der Waals surface area contributed by atoms with Crippen LogP contribution in [0.2, 0.25) is 0 Å². The summed E-state index contributed by atoms with van der Waals surface area (Å²) in [7, 11) is 0. The molecular weight excluding hydrogens is 265 g/mol. The van der Waals surface area contributed by atoms with Crippen LogP contribution in [0.5, 0.6) is 0 Å². The van der Waals surface area contributed by atoms with Crippen LogP contribution in [0.15, 0.2) is 12.1 Å². The number of anilines is 2. The zero-order chi connectivity index (χ0) is 14.3. The van der Waals surface area contributed by atoms with Gasteiger partial charge in [-0.05, 0) is 17.7 Å². The van der Waals surface area contributed by atoms with Gasteiger partial charge in [0, 0.05) is 17.8 Å². The number of cyclic esters (lactones) is 1. The summed E-state index contributed by atoms with van der Waals surface area (Å²) >= 11 is 0. The molecular formula is C13H14FN3O3. The first-order chi connectivity index (χ1) is 9.62. The summed E-state index contributed by atoms with van der Waals surface area (Å²) in [4.78, 5) is 24.6. The standard InChI is InChI=1S/C13H14FN3O3/c14-4-8-2-9(1-7-3-11(18)16-12(7)8)17-6-10(5-15)20-13(17)19/h1-2,10H,3-6,15H2,(H,16,18). The molecule has 0 aliphatic carbocycles. The van der Waals surface area contributed by atoms with Crippen molar-refractivity contribution in [3.63, 3.8) is 0 Å². The van der Waals surface area contributed by atoms with Gasteiger partial charge in [0.15, 0.2) is 0 Å². The Kier molecular flexibility index (Phi) is 3.06. The summed E-state index contributed by atoms with van der Waals surface area (Å²) < 4.78 is 18.2. The second-order valence-corrected chi connectivity index (χ2v) is 4.85. The summed E-state index contributed by atoms with van der Waals surface area (Å²) in [6.45, 7) is -0.135. The van der Waals surface area contributed by atoms with Gasteiger partial charge in [-0.3, -0.25) is 9.69 Å². The van der Waals surface area contributed by atoms with Gasteiger partial charge in [0.1, 0.15) is 12.8 Å². The zero-order valence-corrected chi connectivity index (χ0v) is 10.7. The highest BCUT2D eigenvalue weighted by Crippen LogP contribution is 2.34. The molecule has 1 aromatic carbocycles. The number of carbonyl (C=O) groups is 2. The average Bonchev–Trinajstić information content (AvgIpc) is 2.99. The predicted octanol–water partition coefficient (Wildman–Crippen LogP) is 0.935. The number of nitrogens with two attached hydrogens (primary N) is 1. The van der Waals surface area contributed by atoms with Gasteiger partial charge >= 0.3 is 6.09 Å². The van der Waals surface area contributed by atoms with Gasteiger partial charge in [0.2, 0.25) is 5.91 Å². The smallest absolute Gasteiger partial charge is 0.414 e. The fraction of sp³-hybridized carbons (Fsp3) is 0.385. The van der Waals surface area contributed by atoms with Crippen LogP contribution in [-0.2, 0) is 22.6 Å². The van der Waals surface area contributed by atoms with Crippen molar-refractivity contribution in [1.82, 2.24) is 0 Å². The van der Waals surface area contributed by atoms with Gasteiger partial charge in [-0.1, -0.05) is 0 Å². The topological polar surface area (TPSA) is 84.7 Å². The summed E-state index contributed by atoms with van der Waals surface area (Å²) in [5.74, 6) is -0.171. The summed E-state index contributed by atoms with van der Waals surface area (Å²) in [6.07, 6.45) is -0.661. The quantitative estimate of drug-likeness (QED) is 0.862. The molecule has 0 spiro atoms. The highest BCUT2D eigenvalue weighted by molar-refractivity contribution is 6.01. The van der Waals surface area contributed by atoms with Crippen LogP contribution in [-0.4, -0.2) is 31.2 Å². The van der Waals surface area contributed by atoms with Crippen LogP contribution < -0.4 is 16.0 Å². The number of ether oxygens (including phenoxy) is 1. The molecule has 1 aromatic rings. The van der Waals surface area contributed by atoms with E-state index in [9.17, 15) is 14.0 Å². The summed E-state index contributed by atoms with van der Waals surface area (Å²) in [6, 6.07) is 3.27. The minimum absolute atomic E-state index is 0.171. The first kappa shape index (κ1) is 12.9. The molecule has 6 nitrogen and oxygen atoms in total. The summed E-state index contributed by atoms with van der Waals surface area (Å²) in [5, 5.41) is 2.63. The highest BCUT2D eigenvalue weighted by atomic mass is 19.1. The van der Waals surface area contributed by atoms with Gasteiger partial charge in [0.25, 0.3) is 0 Å². The third-order valence-electron chi connectivity index (χ3n) is 3.49. The van der Waals surface area contributed by atoms with E-state index in [2.05, 4.69) is 5.32 Å². The van der Waals surface area contributed by atoms with Crippen LogP contribution in [0.3, 0.4) is 0 Å². The monoisotopic (exact) mass is 279 g/mol. The van der Waals surface area contributed by atoms with Crippen molar-refractivity contribution in [2.75, 3.05) is 23.3 Å². The van der Waals surface area contributed by atoms with Gasteiger partial charge < -0.3 is 15.8 Å². The molecule has 3 N–H and O–H groups in total. The lowest BCUT2D eigenvalue weighted by molar-refractivity contribution is -0.115. The third-order valence-corrected chi connectivity index (χ3v) is 3.49. The van der Waals surface area contributed by atoms with E-state index in [1.54, 1.807) is 12.1 Å². The Morgan fingerprint density at radius 1 is 1.45 bits per heavy atom. The Balaban J connectivity index is 1.97. The molecule has 7 heteroatoms. The molecule has 1 atom stereocenters. The lowest BCUT2D eigenvalue weighted by Gasteiger charge is -2.16. The molecule has 106 valence electrons. The number of nitrogens with zero attached hydrogens (tertiary/aromatic N) is 1. The minimum Gasteiger partial charge on any atom is -0.443 e. The van der Waals surface area contributed by atoms with Crippen molar-refractivity contribution in [2.45, 2.75) is 19.2 Å². The molecule has 1 unspecified atom stereocenters. The molecule has 1 fully saturated rings. The van der Waals surface area contributed by atoms with E-state index in [1.165, 1.54) is 4.90 Å². The van der Waals surface area contributed by atoms with Crippen LogP contribution >= 0.6 is 0 Å². The Morgan fingerprint density at radius 3 is 2.90 bits per heavy atom. The second kappa shape index (κ2) is 4.75. The van der Waals surface area contributed by atoms with E-state index < -0.39 is 12.8 Å². The largest absolute Gasteiger partial charge is 0.443 e. The van der Waals surface area contributed by atoms with E-state index in [0.717, 1.165) is 0 Å². The van der Waals surface area contributed by atoms with Crippen molar-refractivity contribution in [3.8, 4) is 0 Å². The van der Waals surface area contributed by atoms with Crippen molar-refractivity contribution >= 4 is 23.4 Å². The molecule has 20 heavy (non-hydrogen) atoms. The number of fused-ring (bicyclic) bond motifs is 1. The van der Waals surface area contributed by atoms with Gasteiger partial charge in [-0.2, -0.15) is 0 Å². The number of halogens is 1. The van der Waals surface area contributed by atoms with Crippen LogP contribution in [0.4, 0.5) is 20.6 Å². The maximum Gasteiger partial charge on any atom is 0.414 e. The van der Waals surface area contributed by atoms with E-state index in [1.807, 2.05) is 0 Å². The van der Waals surface area contributed by atoms with Crippen molar-refractivity contribution in [1.29, 1.82) is 0 Å². The highest BCUT2D eigenvalue weighted by Gasteiger charge is 2.33. The molecule has 2 aliphatic heterocycles. The number of rotatable bonds is 3. The normalized spacial score (nSPS) is 20.9. The number of amides is 2. The molecule has 0 bridgehead atoms. The first-order valence-corrected chi connectivity index (χ1v) is 6.32. The number of hydrogen-bond acceptors (Lipinski definition) is 4. The maximum absolute atomic E-state index is 13.1. The molecule has 3 rings (SSSR count). The lowest BCUT2D eigenvalue weighted by atomic mass is 10.1. The Labute approximate surface area is 114 Å². The van der Waals surface area contributed by atoms with Gasteiger partial charge in [-0.25, -0.2) is 9.18 Å². The summed E-state index contributed by atoms with van der Waals surface area (Å²) in [5.41, 5.74) is 7.60. The molecule has 0 saturated carbocycles. The fourth-order valence-corrected chi connectivity index (χ4v) is 2.52. The third kappa shape index (κ3) is 2.00. The van der Waals surface area contributed by atoms with Crippen LogP contribution in [0, 0.1) is 0 Å². The number of benzene rings is 1. The fourth-order valence-electron chi connectivity index (χ4n) is 2.52. The van der Waals surface area contributed by atoms with E-state index >= 15 is 0 Å². The molecule has 2 amide bonds. The Hall–Kier alpha value is -2.15. The van der Waals surface area contributed by atoms with Crippen molar-refractivity contribution in [2.24, 2.45) is 5.73 Å². The molecule has 2 heterocycles. The molecule has 0 radical (unpaired) electrons. The maximum atomic E-state index is 13.1. The SMILES string of the molecule is NCC1CN(c2cc(CF)c3c(c2)CC(=O)N3)C(=O)O1. The van der Waals surface area contributed by atoms with E-state index in [4.69, 9.17) is 10.5 Å². The zero-order valence-electron chi connectivity index (χ0n) is 10.7. The van der Waals surface area contributed by atoms with E-state index in [-0.39, 0.29) is 25.0 Å². The molecule has 2 aliphatic rings. The number of carbonyl (C=O) groups excluding carboxylic acids is 2. The van der Waals surface area contributed by atoms with Gasteiger partial charge in [0.05, 0.1) is 18.7 Å². The number of nitrogens with one attached hydrogen (secondary N) is 1.